The Bertz CT molecular complexity index is 372. The SMILES string of the molecule is CNCCCN(C)c1cc(NCC(C)(C)C)ncn1. The van der Waals surface area contributed by atoms with E-state index in [-0.39, 0.29) is 5.41 Å². The van der Waals surface area contributed by atoms with Gasteiger partial charge in [0.2, 0.25) is 0 Å². The van der Waals surface area contributed by atoms with Gasteiger partial charge in [0.25, 0.3) is 0 Å². The zero-order valence-electron chi connectivity index (χ0n) is 12.8. The summed E-state index contributed by atoms with van der Waals surface area (Å²) in [6.07, 6.45) is 2.72. The van der Waals surface area contributed by atoms with E-state index in [4.69, 9.17) is 0 Å². The highest BCUT2D eigenvalue weighted by atomic mass is 15.2. The van der Waals surface area contributed by atoms with E-state index in [0.717, 1.165) is 37.7 Å². The number of nitrogens with zero attached hydrogens (tertiary/aromatic N) is 3. The Morgan fingerprint density at radius 1 is 1.26 bits per heavy atom. The number of anilines is 2. The van der Waals surface area contributed by atoms with Crippen molar-refractivity contribution < 1.29 is 0 Å². The molecule has 0 fully saturated rings. The van der Waals surface area contributed by atoms with Gasteiger partial charge in [-0.3, -0.25) is 0 Å². The van der Waals surface area contributed by atoms with Crippen molar-refractivity contribution in [1.29, 1.82) is 0 Å². The van der Waals surface area contributed by atoms with Crippen molar-refractivity contribution in [1.82, 2.24) is 15.3 Å². The molecule has 0 saturated heterocycles. The van der Waals surface area contributed by atoms with Gasteiger partial charge in [-0.05, 0) is 25.4 Å². The van der Waals surface area contributed by atoms with Crippen LogP contribution in [0.2, 0.25) is 0 Å². The predicted molar refractivity (Wildman–Crippen MR) is 81.8 cm³/mol. The van der Waals surface area contributed by atoms with Crippen LogP contribution in [0.15, 0.2) is 12.4 Å². The molecule has 1 aromatic rings. The highest BCUT2D eigenvalue weighted by Gasteiger charge is 2.10. The second kappa shape index (κ2) is 7.28. The first kappa shape index (κ1) is 15.7. The largest absolute Gasteiger partial charge is 0.369 e. The molecule has 0 unspecified atom stereocenters. The third-order valence-electron chi connectivity index (χ3n) is 2.76. The lowest BCUT2D eigenvalue weighted by Crippen LogP contribution is -2.24. The number of nitrogens with one attached hydrogen (secondary N) is 2. The molecule has 0 bridgehead atoms. The molecular formula is C14H27N5. The Balaban J connectivity index is 2.56. The van der Waals surface area contributed by atoms with Crippen LogP contribution in [-0.2, 0) is 0 Å². The molecule has 1 heterocycles. The molecule has 0 atom stereocenters. The van der Waals surface area contributed by atoms with Crippen molar-refractivity contribution in [2.75, 3.05) is 43.9 Å². The molecule has 0 spiro atoms. The van der Waals surface area contributed by atoms with Gasteiger partial charge in [-0.15, -0.1) is 0 Å². The van der Waals surface area contributed by atoms with Crippen molar-refractivity contribution >= 4 is 11.6 Å². The summed E-state index contributed by atoms with van der Waals surface area (Å²) in [6, 6.07) is 2.01. The smallest absolute Gasteiger partial charge is 0.133 e. The van der Waals surface area contributed by atoms with Gasteiger partial charge in [0, 0.05) is 26.2 Å². The monoisotopic (exact) mass is 265 g/mol. The molecule has 0 saturated carbocycles. The third kappa shape index (κ3) is 6.38. The van der Waals surface area contributed by atoms with Crippen LogP contribution >= 0.6 is 0 Å². The Kier molecular flexibility index (Phi) is 6.02. The van der Waals surface area contributed by atoms with Crippen LogP contribution in [-0.4, -0.2) is 43.7 Å². The molecule has 1 aromatic heterocycles. The van der Waals surface area contributed by atoms with Gasteiger partial charge in [0.05, 0.1) is 0 Å². The maximum absolute atomic E-state index is 4.32. The summed E-state index contributed by atoms with van der Waals surface area (Å²) < 4.78 is 0. The van der Waals surface area contributed by atoms with Crippen molar-refractivity contribution in [3.63, 3.8) is 0 Å². The molecule has 0 amide bonds. The molecule has 0 radical (unpaired) electrons. The number of hydrogen-bond acceptors (Lipinski definition) is 5. The predicted octanol–water partition coefficient (Wildman–Crippen LogP) is 1.98. The Labute approximate surface area is 116 Å². The lowest BCUT2D eigenvalue weighted by Gasteiger charge is -2.21. The van der Waals surface area contributed by atoms with Crippen LogP contribution in [0.1, 0.15) is 27.2 Å². The first-order valence-electron chi connectivity index (χ1n) is 6.84. The summed E-state index contributed by atoms with van der Waals surface area (Å²) in [4.78, 5) is 10.7. The minimum Gasteiger partial charge on any atom is -0.369 e. The van der Waals surface area contributed by atoms with Gasteiger partial charge in [-0.1, -0.05) is 20.8 Å². The highest BCUT2D eigenvalue weighted by Crippen LogP contribution is 2.16. The average Bonchev–Trinajstić information content (AvgIpc) is 2.36. The molecule has 108 valence electrons. The fourth-order valence-corrected chi connectivity index (χ4v) is 1.62. The van der Waals surface area contributed by atoms with Crippen molar-refractivity contribution in [3.05, 3.63) is 12.4 Å². The minimum absolute atomic E-state index is 0.240. The van der Waals surface area contributed by atoms with E-state index >= 15 is 0 Å². The Hall–Kier alpha value is -1.36. The summed E-state index contributed by atoms with van der Waals surface area (Å²) in [7, 11) is 4.03. The molecule has 0 aromatic carbocycles. The van der Waals surface area contributed by atoms with Crippen LogP contribution in [0.25, 0.3) is 0 Å². The van der Waals surface area contributed by atoms with Crippen LogP contribution in [0.3, 0.4) is 0 Å². The lowest BCUT2D eigenvalue weighted by molar-refractivity contribution is 0.442. The van der Waals surface area contributed by atoms with Crippen molar-refractivity contribution in [2.24, 2.45) is 5.41 Å². The molecule has 19 heavy (non-hydrogen) atoms. The van der Waals surface area contributed by atoms with E-state index in [9.17, 15) is 0 Å². The van der Waals surface area contributed by atoms with Crippen molar-refractivity contribution in [3.8, 4) is 0 Å². The van der Waals surface area contributed by atoms with Gasteiger partial charge in [0.15, 0.2) is 0 Å². The zero-order valence-corrected chi connectivity index (χ0v) is 12.8. The minimum atomic E-state index is 0.240. The first-order valence-corrected chi connectivity index (χ1v) is 6.84. The molecule has 5 nitrogen and oxygen atoms in total. The summed E-state index contributed by atoms with van der Waals surface area (Å²) in [6.45, 7) is 9.50. The second-order valence-electron chi connectivity index (χ2n) is 6.05. The summed E-state index contributed by atoms with van der Waals surface area (Å²) >= 11 is 0. The van der Waals surface area contributed by atoms with Crippen LogP contribution in [0, 0.1) is 5.41 Å². The highest BCUT2D eigenvalue weighted by molar-refractivity contribution is 5.47. The summed E-state index contributed by atoms with van der Waals surface area (Å²) in [5, 5.41) is 6.51. The molecule has 0 aliphatic heterocycles. The van der Waals surface area contributed by atoms with Crippen molar-refractivity contribution in [2.45, 2.75) is 27.2 Å². The van der Waals surface area contributed by atoms with Gasteiger partial charge >= 0.3 is 0 Å². The molecule has 2 N–H and O–H groups in total. The van der Waals surface area contributed by atoms with E-state index < -0.39 is 0 Å². The Morgan fingerprint density at radius 2 is 2.00 bits per heavy atom. The second-order valence-corrected chi connectivity index (χ2v) is 6.05. The standard InChI is InChI=1S/C14H27N5/c1-14(2,3)10-16-12-9-13(18-11-17-12)19(5)8-6-7-15-4/h9,11,15H,6-8,10H2,1-5H3,(H,16,17,18). The number of hydrogen-bond donors (Lipinski definition) is 2. The molecule has 0 aliphatic rings. The maximum Gasteiger partial charge on any atom is 0.133 e. The number of rotatable bonds is 7. The summed E-state index contributed by atoms with van der Waals surface area (Å²) in [5.74, 6) is 1.85. The molecular weight excluding hydrogens is 238 g/mol. The van der Waals surface area contributed by atoms with Crippen LogP contribution in [0.4, 0.5) is 11.6 Å². The first-order chi connectivity index (χ1) is 8.92. The van der Waals surface area contributed by atoms with E-state index in [1.54, 1.807) is 6.33 Å². The zero-order chi connectivity index (χ0) is 14.3. The topological polar surface area (TPSA) is 53.1 Å². The molecule has 1 rings (SSSR count). The van der Waals surface area contributed by atoms with E-state index in [1.807, 2.05) is 13.1 Å². The lowest BCUT2D eigenvalue weighted by atomic mass is 9.97. The third-order valence-corrected chi connectivity index (χ3v) is 2.76. The maximum atomic E-state index is 4.32. The fraction of sp³-hybridized carbons (Fsp3) is 0.714. The van der Waals surface area contributed by atoms with Gasteiger partial charge < -0.3 is 15.5 Å². The quantitative estimate of drug-likeness (QED) is 0.738. The van der Waals surface area contributed by atoms with E-state index in [0.29, 0.717) is 0 Å². The molecule has 0 aliphatic carbocycles. The van der Waals surface area contributed by atoms with Crippen LogP contribution < -0.4 is 15.5 Å². The van der Waals surface area contributed by atoms with Crippen LogP contribution in [0.5, 0.6) is 0 Å². The van der Waals surface area contributed by atoms with Gasteiger partial charge in [-0.2, -0.15) is 0 Å². The van der Waals surface area contributed by atoms with E-state index in [1.165, 1.54) is 0 Å². The molecule has 5 heteroatoms. The fourth-order valence-electron chi connectivity index (χ4n) is 1.62. The van der Waals surface area contributed by atoms with Gasteiger partial charge in [-0.25, -0.2) is 9.97 Å². The number of aromatic nitrogens is 2. The average molecular weight is 265 g/mol. The van der Waals surface area contributed by atoms with E-state index in [2.05, 4.69) is 53.3 Å². The van der Waals surface area contributed by atoms with Gasteiger partial charge in [0.1, 0.15) is 18.0 Å². The summed E-state index contributed by atoms with van der Waals surface area (Å²) in [5.41, 5.74) is 0.240. The Morgan fingerprint density at radius 3 is 2.63 bits per heavy atom. The normalized spacial score (nSPS) is 11.4.